The zero-order chi connectivity index (χ0) is 18.7. The molecule has 138 valence electrons. The second-order valence-electron chi connectivity index (χ2n) is 6.44. The number of aromatic nitrogens is 1. The van der Waals surface area contributed by atoms with E-state index < -0.39 is 5.79 Å². The van der Waals surface area contributed by atoms with Crippen LogP contribution in [0.2, 0.25) is 0 Å². The van der Waals surface area contributed by atoms with Gasteiger partial charge in [0.25, 0.3) is 0 Å². The number of hydrogen-bond acceptors (Lipinski definition) is 4. The molecule has 0 saturated carbocycles. The van der Waals surface area contributed by atoms with E-state index in [4.69, 9.17) is 9.47 Å². The second kappa shape index (κ2) is 7.73. The lowest BCUT2D eigenvalue weighted by Crippen LogP contribution is -2.33. The molecule has 1 aromatic carbocycles. The molecule has 6 nitrogen and oxygen atoms in total. The fourth-order valence-corrected chi connectivity index (χ4v) is 3.33. The van der Waals surface area contributed by atoms with Crippen LogP contribution in [-0.4, -0.2) is 35.7 Å². The molecule has 2 aromatic rings. The summed E-state index contributed by atoms with van der Waals surface area (Å²) in [5.74, 6) is -1.09. The number of carbonyl (C=O) groups is 1. The van der Waals surface area contributed by atoms with Gasteiger partial charge in [-0.05, 0) is 51.1 Å². The van der Waals surface area contributed by atoms with Crippen LogP contribution in [0.25, 0.3) is 5.69 Å². The van der Waals surface area contributed by atoms with Crippen molar-refractivity contribution in [2.24, 2.45) is 5.10 Å². The van der Waals surface area contributed by atoms with Gasteiger partial charge in [0.15, 0.2) is 5.79 Å². The second-order valence-corrected chi connectivity index (χ2v) is 7.35. The molecule has 7 heteroatoms. The molecule has 0 bridgehead atoms. The van der Waals surface area contributed by atoms with Crippen LogP contribution in [0.15, 0.2) is 39.9 Å². The highest BCUT2D eigenvalue weighted by atomic mass is 79.9. The molecule has 2 heterocycles. The molecule has 1 saturated heterocycles. The Morgan fingerprint density at radius 3 is 2.62 bits per heavy atom. The van der Waals surface area contributed by atoms with Crippen LogP contribution < -0.4 is 5.43 Å². The summed E-state index contributed by atoms with van der Waals surface area (Å²) >= 11 is 3.45. The van der Waals surface area contributed by atoms with E-state index in [1.54, 1.807) is 13.1 Å². The molecule has 1 fully saturated rings. The van der Waals surface area contributed by atoms with E-state index in [0.29, 0.717) is 13.2 Å². The maximum Gasteiger partial charge on any atom is 0.245 e. The van der Waals surface area contributed by atoms with E-state index in [1.807, 2.05) is 32.0 Å². The van der Waals surface area contributed by atoms with E-state index in [9.17, 15) is 4.79 Å². The number of nitrogens with one attached hydrogen (secondary N) is 1. The van der Waals surface area contributed by atoms with Crippen molar-refractivity contribution in [3.05, 3.63) is 51.8 Å². The van der Waals surface area contributed by atoms with Crippen LogP contribution in [0.4, 0.5) is 0 Å². The van der Waals surface area contributed by atoms with Gasteiger partial charge in [-0.15, -0.1) is 0 Å². The third-order valence-electron chi connectivity index (χ3n) is 4.33. The van der Waals surface area contributed by atoms with Gasteiger partial charge in [0.05, 0.1) is 25.8 Å². The van der Waals surface area contributed by atoms with Crippen molar-refractivity contribution in [2.75, 3.05) is 13.2 Å². The summed E-state index contributed by atoms with van der Waals surface area (Å²) < 4.78 is 14.0. The standard InChI is InChI=1S/C19H22BrN3O3/c1-13-10-15(14(2)23(13)17-6-4-16(20)5-7-17)12-21-22-18(24)11-19(3)25-8-9-26-19/h4-7,10,12H,8-9,11H2,1-3H3,(H,22,24)/b21-12-. The lowest BCUT2D eigenvalue weighted by Gasteiger charge is -2.20. The van der Waals surface area contributed by atoms with Crippen LogP contribution in [0.5, 0.6) is 0 Å². The molecule has 1 amide bonds. The average Bonchev–Trinajstić information content (AvgIpc) is 3.12. The van der Waals surface area contributed by atoms with Gasteiger partial charge in [0.2, 0.25) is 5.91 Å². The third kappa shape index (κ3) is 4.23. The zero-order valence-corrected chi connectivity index (χ0v) is 16.7. The van der Waals surface area contributed by atoms with Gasteiger partial charge in [0, 0.05) is 27.1 Å². The molecular formula is C19H22BrN3O3. The van der Waals surface area contributed by atoms with E-state index in [0.717, 1.165) is 27.1 Å². The first kappa shape index (κ1) is 18.8. The van der Waals surface area contributed by atoms with Gasteiger partial charge < -0.3 is 14.0 Å². The SMILES string of the molecule is Cc1cc(/C=N\NC(=O)CC2(C)OCCO2)c(C)n1-c1ccc(Br)cc1. The number of nitrogens with zero attached hydrogens (tertiary/aromatic N) is 2. The van der Waals surface area contributed by atoms with E-state index in [-0.39, 0.29) is 12.3 Å². The Labute approximate surface area is 161 Å². The summed E-state index contributed by atoms with van der Waals surface area (Å²) in [5, 5.41) is 4.08. The fraction of sp³-hybridized carbons (Fsp3) is 0.368. The van der Waals surface area contributed by atoms with Crippen LogP contribution in [0, 0.1) is 13.8 Å². The number of rotatable bonds is 5. The summed E-state index contributed by atoms with van der Waals surface area (Å²) in [6, 6.07) is 10.2. The number of halogens is 1. The van der Waals surface area contributed by atoms with Crippen molar-refractivity contribution in [2.45, 2.75) is 33.0 Å². The normalized spacial score (nSPS) is 16.3. The summed E-state index contributed by atoms with van der Waals surface area (Å²) in [6.45, 7) is 6.85. The minimum atomic E-state index is -0.850. The largest absolute Gasteiger partial charge is 0.347 e. The van der Waals surface area contributed by atoms with Crippen molar-refractivity contribution in [1.29, 1.82) is 0 Å². The van der Waals surface area contributed by atoms with Gasteiger partial charge in [0.1, 0.15) is 0 Å². The minimum Gasteiger partial charge on any atom is -0.347 e. The predicted molar refractivity (Wildman–Crippen MR) is 104 cm³/mol. The fourth-order valence-electron chi connectivity index (χ4n) is 3.07. The first-order valence-corrected chi connectivity index (χ1v) is 9.22. The van der Waals surface area contributed by atoms with Crippen molar-refractivity contribution in [3.63, 3.8) is 0 Å². The quantitative estimate of drug-likeness (QED) is 0.595. The number of carbonyl (C=O) groups excluding carboxylic acids is 1. The summed E-state index contributed by atoms with van der Waals surface area (Å²) in [5.41, 5.74) is 6.72. The maximum atomic E-state index is 12.0. The molecule has 0 radical (unpaired) electrons. The highest BCUT2D eigenvalue weighted by Crippen LogP contribution is 2.23. The topological polar surface area (TPSA) is 64.8 Å². The van der Waals surface area contributed by atoms with Crippen molar-refractivity contribution in [3.8, 4) is 5.69 Å². The number of ether oxygens (including phenoxy) is 2. The smallest absolute Gasteiger partial charge is 0.245 e. The van der Waals surface area contributed by atoms with Crippen molar-refractivity contribution < 1.29 is 14.3 Å². The third-order valence-corrected chi connectivity index (χ3v) is 4.86. The molecule has 1 aliphatic rings. The molecule has 0 spiro atoms. The van der Waals surface area contributed by atoms with E-state index >= 15 is 0 Å². The van der Waals surface area contributed by atoms with Crippen LogP contribution in [-0.2, 0) is 14.3 Å². The zero-order valence-electron chi connectivity index (χ0n) is 15.1. The van der Waals surface area contributed by atoms with E-state index in [2.05, 4.69) is 43.2 Å². The van der Waals surface area contributed by atoms with Gasteiger partial charge in [-0.1, -0.05) is 15.9 Å². The van der Waals surface area contributed by atoms with Gasteiger partial charge >= 0.3 is 0 Å². The molecule has 1 N–H and O–H groups in total. The van der Waals surface area contributed by atoms with E-state index in [1.165, 1.54) is 0 Å². The number of aryl methyl sites for hydroxylation is 1. The van der Waals surface area contributed by atoms with Crippen molar-refractivity contribution in [1.82, 2.24) is 9.99 Å². The summed E-state index contributed by atoms with van der Waals surface area (Å²) in [7, 11) is 0. The van der Waals surface area contributed by atoms with Gasteiger partial charge in [-0.25, -0.2) is 5.43 Å². The molecule has 1 aromatic heterocycles. The highest BCUT2D eigenvalue weighted by molar-refractivity contribution is 9.10. The molecule has 0 atom stereocenters. The molecule has 1 aliphatic heterocycles. The number of hydrogen-bond donors (Lipinski definition) is 1. The number of amides is 1. The Kier molecular flexibility index (Phi) is 5.60. The van der Waals surface area contributed by atoms with Crippen LogP contribution >= 0.6 is 15.9 Å². The Morgan fingerprint density at radius 2 is 1.96 bits per heavy atom. The van der Waals surface area contributed by atoms with Crippen LogP contribution in [0.1, 0.15) is 30.3 Å². The molecule has 3 rings (SSSR count). The maximum absolute atomic E-state index is 12.0. The minimum absolute atomic E-state index is 0.113. The molecular weight excluding hydrogens is 398 g/mol. The summed E-state index contributed by atoms with van der Waals surface area (Å²) in [6.07, 6.45) is 1.77. The van der Waals surface area contributed by atoms with Gasteiger partial charge in [-0.2, -0.15) is 5.10 Å². The Morgan fingerprint density at radius 1 is 1.31 bits per heavy atom. The Hall–Kier alpha value is -1.96. The monoisotopic (exact) mass is 419 g/mol. The number of benzene rings is 1. The van der Waals surface area contributed by atoms with Crippen LogP contribution in [0.3, 0.4) is 0 Å². The predicted octanol–water partition coefficient (Wildman–Crippen LogP) is 3.46. The lowest BCUT2D eigenvalue weighted by molar-refractivity contribution is -0.159. The number of hydrazone groups is 1. The Balaban J connectivity index is 1.68. The molecule has 0 aliphatic carbocycles. The first-order chi connectivity index (χ1) is 12.4. The molecule has 26 heavy (non-hydrogen) atoms. The summed E-state index contributed by atoms with van der Waals surface area (Å²) in [4.78, 5) is 12.0. The first-order valence-electron chi connectivity index (χ1n) is 8.43. The Bertz CT molecular complexity index is 821. The van der Waals surface area contributed by atoms with Crippen molar-refractivity contribution >= 4 is 28.1 Å². The lowest BCUT2D eigenvalue weighted by atomic mass is 10.2. The van der Waals surface area contributed by atoms with Gasteiger partial charge in [-0.3, -0.25) is 4.79 Å². The highest BCUT2D eigenvalue weighted by Gasteiger charge is 2.33. The average molecular weight is 420 g/mol. The molecule has 0 unspecified atom stereocenters.